The van der Waals surface area contributed by atoms with Crippen LogP contribution in [0.15, 0.2) is 30.3 Å². The summed E-state index contributed by atoms with van der Waals surface area (Å²) in [4.78, 5) is 11.6. The van der Waals surface area contributed by atoms with Crippen molar-refractivity contribution in [2.45, 2.75) is 26.9 Å². The van der Waals surface area contributed by atoms with Crippen LogP contribution in [0.25, 0.3) is 0 Å². The minimum absolute atomic E-state index is 0.0832. The fourth-order valence-corrected chi connectivity index (χ4v) is 1.08. The van der Waals surface area contributed by atoms with Gasteiger partial charge in [0.05, 0.1) is 6.07 Å². The number of benzene rings is 1. The first-order valence-electron chi connectivity index (χ1n) is 5.16. The van der Waals surface area contributed by atoms with E-state index in [1.165, 1.54) is 19.1 Å². The number of nitrogens with zero attached hydrogens (tertiary/aromatic N) is 1. The summed E-state index contributed by atoms with van der Waals surface area (Å²) in [7, 11) is 0. The summed E-state index contributed by atoms with van der Waals surface area (Å²) in [6.07, 6.45) is -4.53. The average Bonchev–Trinajstić information content (AvgIpc) is 2.28. The number of hydrogen-bond acceptors (Lipinski definition) is 2. The van der Waals surface area contributed by atoms with E-state index < -0.39 is 17.4 Å². The average molecular weight is 257 g/mol. The van der Waals surface area contributed by atoms with E-state index in [0.29, 0.717) is 0 Å². The first kappa shape index (κ1) is 16.2. The Morgan fingerprint density at radius 3 is 1.89 bits per heavy atom. The smallest absolute Gasteiger partial charge is 0.293 e. The van der Waals surface area contributed by atoms with Crippen LogP contribution >= 0.6 is 0 Å². The monoisotopic (exact) mass is 257 g/mol. The largest absolute Gasteiger partial charge is 0.401 e. The molecule has 0 saturated heterocycles. The van der Waals surface area contributed by atoms with Crippen molar-refractivity contribution in [3.8, 4) is 6.07 Å². The zero-order valence-electron chi connectivity index (χ0n) is 10.4. The Hall–Kier alpha value is -1.83. The topological polar surface area (TPSA) is 40.9 Å². The number of carbonyl (C=O) groups is 1. The number of hydrogen-bond donors (Lipinski definition) is 0. The summed E-state index contributed by atoms with van der Waals surface area (Å²) in [5, 5.41) is 7.32. The molecule has 0 saturated carbocycles. The Balaban J connectivity index is 0.000000873. The Bertz CT molecular complexity index is 430. The molecule has 98 valence electrons. The van der Waals surface area contributed by atoms with Crippen LogP contribution in [0.4, 0.5) is 13.2 Å². The predicted molar refractivity (Wildman–Crippen MR) is 61.9 cm³/mol. The van der Waals surface area contributed by atoms with Crippen LogP contribution in [-0.2, 0) is 0 Å². The van der Waals surface area contributed by atoms with Crippen molar-refractivity contribution in [2.24, 2.45) is 5.41 Å². The lowest BCUT2D eigenvalue weighted by molar-refractivity contribution is -0.192. The predicted octanol–water partition coefficient (Wildman–Crippen LogP) is 3.99. The Kier molecular flexibility index (Phi) is 5.57. The maximum atomic E-state index is 12.5. The molecule has 0 aliphatic carbocycles. The second kappa shape index (κ2) is 6.20. The van der Waals surface area contributed by atoms with Gasteiger partial charge in [-0.15, -0.1) is 0 Å². The molecule has 0 amide bonds. The maximum absolute atomic E-state index is 12.5. The van der Waals surface area contributed by atoms with E-state index in [1.54, 1.807) is 24.3 Å². The van der Waals surface area contributed by atoms with Gasteiger partial charge in [0, 0.05) is 12.5 Å². The third kappa shape index (κ3) is 3.88. The summed E-state index contributed by atoms with van der Waals surface area (Å²) in [5.74, 6) is -0.907. The van der Waals surface area contributed by atoms with Crippen LogP contribution in [0.5, 0.6) is 0 Å². The number of nitriles is 1. The van der Waals surface area contributed by atoms with Crippen LogP contribution in [0.2, 0.25) is 0 Å². The van der Waals surface area contributed by atoms with Crippen molar-refractivity contribution in [1.82, 2.24) is 0 Å². The SMILES string of the molecule is CC#N.CC(C)(C(=O)c1ccccc1)C(F)(F)F. The van der Waals surface area contributed by atoms with Gasteiger partial charge in [-0.3, -0.25) is 4.79 Å². The van der Waals surface area contributed by atoms with Crippen LogP contribution in [0.1, 0.15) is 31.1 Å². The van der Waals surface area contributed by atoms with Crippen LogP contribution in [-0.4, -0.2) is 12.0 Å². The first-order chi connectivity index (χ1) is 8.18. The highest BCUT2D eigenvalue weighted by atomic mass is 19.4. The van der Waals surface area contributed by atoms with Gasteiger partial charge < -0.3 is 0 Å². The summed E-state index contributed by atoms with van der Waals surface area (Å²) < 4.78 is 37.6. The zero-order valence-corrected chi connectivity index (χ0v) is 10.4. The highest BCUT2D eigenvalue weighted by molar-refractivity contribution is 6.00. The van der Waals surface area contributed by atoms with E-state index >= 15 is 0 Å². The van der Waals surface area contributed by atoms with E-state index in [9.17, 15) is 18.0 Å². The molecule has 0 spiro atoms. The number of halogens is 3. The van der Waals surface area contributed by atoms with E-state index in [4.69, 9.17) is 5.26 Å². The van der Waals surface area contributed by atoms with Crippen molar-refractivity contribution in [3.05, 3.63) is 35.9 Å². The molecule has 0 N–H and O–H groups in total. The molecule has 0 atom stereocenters. The highest BCUT2D eigenvalue weighted by Gasteiger charge is 2.52. The van der Waals surface area contributed by atoms with Gasteiger partial charge in [0.2, 0.25) is 0 Å². The van der Waals surface area contributed by atoms with Gasteiger partial charge in [0.15, 0.2) is 5.78 Å². The number of carbonyl (C=O) groups excluding carboxylic acids is 1. The number of rotatable bonds is 2. The fourth-order valence-electron chi connectivity index (χ4n) is 1.08. The molecule has 1 rings (SSSR count). The van der Waals surface area contributed by atoms with Gasteiger partial charge in [-0.05, 0) is 13.8 Å². The van der Waals surface area contributed by atoms with Crippen molar-refractivity contribution in [1.29, 1.82) is 5.26 Å². The highest BCUT2D eigenvalue weighted by Crippen LogP contribution is 2.39. The lowest BCUT2D eigenvalue weighted by atomic mass is 9.83. The zero-order chi connectivity index (χ0) is 14.4. The summed E-state index contributed by atoms with van der Waals surface area (Å²) in [6.45, 7) is 3.21. The van der Waals surface area contributed by atoms with Gasteiger partial charge >= 0.3 is 6.18 Å². The van der Waals surface area contributed by atoms with Gasteiger partial charge in [0.25, 0.3) is 0 Å². The van der Waals surface area contributed by atoms with Gasteiger partial charge in [-0.2, -0.15) is 18.4 Å². The quantitative estimate of drug-likeness (QED) is 0.752. The molecule has 1 aromatic carbocycles. The first-order valence-corrected chi connectivity index (χ1v) is 5.16. The van der Waals surface area contributed by atoms with Crippen LogP contribution in [0, 0.1) is 16.7 Å². The van der Waals surface area contributed by atoms with Crippen molar-refractivity contribution in [3.63, 3.8) is 0 Å². The van der Waals surface area contributed by atoms with Gasteiger partial charge in [-0.1, -0.05) is 30.3 Å². The summed E-state index contributed by atoms with van der Waals surface area (Å²) in [6, 6.07) is 9.25. The molecular formula is C13H14F3NO. The van der Waals surface area contributed by atoms with Gasteiger partial charge in [0.1, 0.15) is 5.41 Å². The lowest BCUT2D eigenvalue weighted by Gasteiger charge is -2.26. The Morgan fingerprint density at radius 1 is 1.17 bits per heavy atom. The minimum atomic E-state index is -4.53. The molecule has 18 heavy (non-hydrogen) atoms. The molecule has 2 nitrogen and oxygen atoms in total. The number of alkyl halides is 3. The molecule has 0 aliphatic rings. The van der Waals surface area contributed by atoms with E-state index in [0.717, 1.165) is 13.8 Å². The van der Waals surface area contributed by atoms with Crippen LogP contribution in [0.3, 0.4) is 0 Å². The molecule has 5 heteroatoms. The molecule has 0 aromatic heterocycles. The molecule has 1 aromatic rings. The summed E-state index contributed by atoms with van der Waals surface area (Å²) in [5.41, 5.74) is -2.26. The van der Waals surface area contributed by atoms with Crippen LogP contribution < -0.4 is 0 Å². The van der Waals surface area contributed by atoms with Crippen molar-refractivity contribution >= 4 is 5.78 Å². The second-order valence-electron chi connectivity index (χ2n) is 4.04. The molecule has 0 bridgehead atoms. The fraction of sp³-hybridized carbons (Fsp3) is 0.385. The molecule has 0 unspecified atom stereocenters. The van der Waals surface area contributed by atoms with Gasteiger partial charge in [-0.25, -0.2) is 0 Å². The molecule has 0 heterocycles. The van der Waals surface area contributed by atoms with E-state index in [-0.39, 0.29) is 5.56 Å². The minimum Gasteiger partial charge on any atom is -0.293 e. The molecular weight excluding hydrogens is 243 g/mol. The third-order valence-corrected chi connectivity index (χ3v) is 2.31. The summed E-state index contributed by atoms with van der Waals surface area (Å²) >= 11 is 0. The standard InChI is InChI=1S/C11H11F3O.C2H3N/c1-10(2,11(12,13)14)9(15)8-6-4-3-5-7-8;1-2-3/h3-7H,1-2H3;1H3. The van der Waals surface area contributed by atoms with Crippen molar-refractivity contribution in [2.75, 3.05) is 0 Å². The lowest BCUT2D eigenvalue weighted by Crippen LogP contribution is -2.39. The Labute approximate surface area is 104 Å². The number of Topliss-reactive ketones (excluding diaryl/α,β-unsaturated/α-hetero) is 1. The normalized spacial score (nSPS) is 10.9. The number of ketones is 1. The molecule has 0 radical (unpaired) electrons. The van der Waals surface area contributed by atoms with E-state index in [2.05, 4.69) is 0 Å². The third-order valence-electron chi connectivity index (χ3n) is 2.31. The Morgan fingerprint density at radius 2 is 1.56 bits per heavy atom. The molecule has 0 aliphatic heterocycles. The van der Waals surface area contributed by atoms with Crippen molar-refractivity contribution < 1.29 is 18.0 Å². The maximum Gasteiger partial charge on any atom is 0.401 e. The second-order valence-corrected chi connectivity index (χ2v) is 4.04. The molecule has 0 fully saturated rings. The van der Waals surface area contributed by atoms with E-state index in [1.807, 2.05) is 0 Å².